The van der Waals surface area contributed by atoms with Gasteiger partial charge < -0.3 is 15.1 Å². The molecule has 1 saturated heterocycles. The number of amides is 3. The van der Waals surface area contributed by atoms with E-state index in [0.29, 0.717) is 19.5 Å². The molecule has 1 fully saturated rings. The summed E-state index contributed by atoms with van der Waals surface area (Å²) >= 11 is 1.81. The number of nitrogens with zero attached hydrogens (tertiary/aromatic N) is 2. The Balaban J connectivity index is 1.66. The van der Waals surface area contributed by atoms with Gasteiger partial charge in [-0.2, -0.15) is 0 Å². The van der Waals surface area contributed by atoms with Crippen molar-refractivity contribution in [2.75, 3.05) is 25.9 Å². The second-order valence-corrected chi connectivity index (χ2v) is 8.10. The molecule has 1 aliphatic rings. The van der Waals surface area contributed by atoms with Crippen LogP contribution in [0.25, 0.3) is 0 Å². The second-order valence-electron chi connectivity index (χ2n) is 6.93. The summed E-state index contributed by atoms with van der Waals surface area (Å²) in [5, 5.41) is 2.98. The minimum atomic E-state index is -0.0938. The molecule has 1 atom stereocenters. The Bertz CT molecular complexity index is 589. The maximum Gasteiger partial charge on any atom is 0.317 e. The maximum atomic E-state index is 12.3. The molecule has 0 radical (unpaired) electrons. The van der Waals surface area contributed by atoms with Gasteiger partial charge in [0.15, 0.2) is 0 Å². The third-order valence-electron chi connectivity index (χ3n) is 4.38. The number of benzene rings is 1. The van der Waals surface area contributed by atoms with Crippen LogP contribution in [-0.2, 0) is 4.79 Å². The standard InChI is InChI=1S/C19H29N3O2S/c1-14(2)22-13-16(12-18(22)23)20-19(24)21(4)10-5-11-25-17-8-6-15(3)7-9-17/h6-9,14,16H,5,10-13H2,1-4H3,(H,20,24)/t16-/m0/s1. The molecule has 138 valence electrons. The smallest absolute Gasteiger partial charge is 0.317 e. The number of urea groups is 1. The topological polar surface area (TPSA) is 52.7 Å². The number of hydrogen-bond acceptors (Lipinski definition) is 3. The van der Waals surface area contributed by atoms with Gasteiger partial charge in [0.05, 0.1) is 6.04 Å². The van der Waals surface area contributed by atoms with Crippen molar-refractivity contribution in [1.29, 1.82) is 0 Å². The van der Waals surface area contributed by atoms with Gasteiger partial charge in [0, 0.05) is 37.5 Å². The lowest BCUT2D eigenvalue weighted by Gasteiger charge is -2.23. The Morgan fingerprint density at radius 1 is 1.36 bits per heavy atom. The van der Waals surface area contributed by atoms with E-state index in [1.807, 2.05) is 37.6 Å². The molecule has 0 aliphatic carbocycles. The monoisotopic (exact) mass is 363 g/mol. The van der Waals surface area contributed by atoms with E-state index in [1.54, 1.807) is 4.90 Å². The zero-order valence-corrected chi connectivity index (χ0v) is 16.4. The van der Waals surface area contributed by atoms with Gasteiger partial charge in [-0.15, -0.1) is 11.8 Å². The first-order valence-corrected chi connectivity index (χ1v) is 9.86. The van der Waals surface area contributed by atoms with Crippen LogP contribution in [0.5, 0.6) is 0 Å². The van der Waals surface area contributed by atoms with Gasteiger partial charge in [-0.05, 0) is 45.1 Å². The summed E-state index contributed by atoms with van der Waals surface area (Å²) in [5.74, 6) is 1.10. The molecule has 1 heterocycles. The lowest BCUT2D eigenvalue weighted by atomic mass is 10.2. The van der Waals surface area contributed by atoms with E-state index in [9.17, 15) is 9.59 Å². The number of hydrogen-bond donors (Lipinski definition) is 1. The van der Waals surface area contributed by atoms with Gasteiger partial charge in [-0.3, -0.25) is 4.79 Å². The minimum absolute atomic E-state index is 0.0771. The van der Waals surface area contributed by atoms with Gasteiger partial charge in [0.25, 0.3) is 0 Å². The van der Waals surface area contributed by atoms with Gasteiger partial charge >= 0.3 is 6.03 Å². The third kappa shape index (κ3) is 5.96. The molecule has 3 amide bonds. The number of aryl methyl sites for hydroxylation is 1. The predicted octanol–water partition coefficient (Wildman–Crippen LogP) is 3.13. The molecular formula is C19H29N3O2S. The summed E-state index contributed by atoms with van der Waals surface area (Å²) in [7, 11) is 1.81. The molecule has 25 heavy (non-hydrogen) atoms. The fraction of sp³-hybridized carbons (Fsp3) is 0.579. The van der Waals surface area contributed by atoms with Crippen LogP contribution in [0.4, 0.5) is 4.79 Å². The Morgan fingerprint density at radius 3 is 2.64 bits per heavy atom. The average molecular weight is 364 g/mol. The molecule has 0 unspecified atom stereocenters. The van der Waals surface area contributed by atoms with E-state index in [1.165, 1.54) is 10.5 Å². The van der Waals surface area contributed by atoms with E-state index >= 15 is 0 Å². The molecule has 6 heteroatoms. The summed E-state index contributed by atoms with van der Waals surface area (Å²) in [6, 6.07) is 8.51. The largest absolute Gasteiger partial charge is 0.338 e. The van der Waals surface area contributed by atoms with Crippen LogP contribution in [0.15, 0.2) is 29.2 Å². The van der Waals surface area contributed by atoms with Crippen molar-refractivity contribution in [3.63, 3.8) is 0 Å². The Labute approximate surface area is 155 Å². The normalized spacial score (nSPS) is 17.2. The molecule has 0 spiro atoms. The lowest BCUT2D eigenvalue weighted by Crippen LogP contribution is -2.45. The Kier molecular flexibility index (Phi) is 7.17. The summed E-state index contributed by atoms with van der Waals surface area (Å²) in [6.45, 7) is 7.40. The summed E-state index contributed by atoms with van der Waals surface area (Å²) in [5.41, 5.74) is 1.27. The van der Waals surface area contributed by atoms with Crippen LogP contribution in [0, 0.1) is 6.92 Å². The van der Waals surface area contributed by atoms with E-state index in [0.717, 1.165) is 12.2 Å². The van der Waals surface area contributed by atoms with Crippen molar-refractivity contribution in [3.05, 3.63) is 29.8 Å². The molecule has 1 N–H and O–H groups in total. The second kappa shape index (κ2) is 9.13. The van der Waals surface area contributed by atoms with Crippen LogP contribution < -0.4 is 5.32 Å². The van der Waals surface area contributed by atoms with Crippen molar-refractivity contribution >= 4 is 23.7 Å². The van der Waals surface area contributed by atoms with Crippen LogP contribution in [0.3, 0.4) is 0 Å². The highest BCUT2D eigenvalue weighted by Crippen LogP contribution is 2.19. The number of nitrogens with one attached hydrogen (secondary N) is 1. The van der Waals surface area contributed by atoms with Crippen LogP contribution >= 0.6 is 11.8 Å². The lowest BCUT2D eigenvalue weighted by molar-refractivity contribution is -0.129. The number of carbonyl (C=O) groups excluding carboxylic acids is 2. The number of thioether (sulfide) groups is 1. The highest BCUT2D eigenvalue weighted by atomic mass is 32.2. The zero-order chi connectivity index (χ0) is 18.4. The van der Waals surface area contributed by atoms with Crippen molar-refractivity contribution < 1.29 is 9.59 Å². The molecule has 1 aromatic carbocycles. The highest BCUT2D eigenvalue weighted by Gasteiger charge is 2.32. The summed E-state index contributed by atoms with van der Waals surface area (Å²) in [4.78, 5) is 29.0. The molecule has 0 saturated carbocycles. The summed E-state index contributed by atoms with van der Waals surface area (Å²) < 4.78 is 0. The van der Waals surface area contributed by atoms with E-state index < -0.39 is 0 Å². The van der Waals surface area contributed by atoms with Gasteiger partial charge in [-0.25, -0.2) is 4.79 Å². The Hall–Kier alpha value is -1.69. The molecule has 2 rings (SSSR count). The molecule has 0 aromatic heterocycles. The molecule has 1 aliphatic heterocycles. The minimum Gasteiger partial charge on any atom is -0.338 e. The first-order valence-electron chi connectivity index (χ1n) is 8.87. The number of likely N-dealkylation sites (tertiary alicyclic amines) is 1. The predicted molar refractivity (Wildman–Crippen MR) is 103 cm³/mol. The molecule has 0 bridgehead atoms. The van der Waals surface area contributed by atoms with Crippen molar-refractivity contribution in [3.8, 4) is 0 Å². The fourth-order valence-electron chi connectivity index (χ4n) is 2.84. The number of carbonyl (C=O) groups is 2. The van der Waals surface area contributed by atoms with Crippen LogP contribution in [0.1, 0.15) is 32.3 Å². The van der Waals surface area contributed by atoms with E-state index in [2.05, 4.69) is 36.5 Å². The van der Waals surface area contributed by atoms with Gasteiger partial charge in [0.1, 0.15) is 0 Å². The zero-order valence-electron chi connectivity index (χ0n) is 15.6. The first kappa shape index (κ1) is 19.6. The van der Waals surface area contributed by atoms with Crippen LogP contribution in [0.2, 0.25) is 0 Å². The van der Waals surface area contributed by atoms with Gasteiger partial charge in [0.2, 0.25) is 5.91 Å². The average Bonchev–Trinajstić information content (AvgIpc) is 2.93. The van der Waals surface area contributed by atoms with Gasteiger partial charge in [-0.1, -0.05) is 17.7 Å². The first-order chi connectivity index (χ1) is 11.9. The van der Waals surface area contributed by atoms with Crippen LogP contribution in [-0.4, -0.2) is 59.7 Å². The highest BCUT2D eigenvalue weighted by molar-refractivity contribution is 7.99. The molecular weight excluding hydrogens is 334 g/mol. The SMILES string of the molecule is Cc1ccc(SCCCN(C)C(=O)N[C@H]2CC(=O)N(C(C)C)C2)cc1. The fourth-order valence-corrected chi connectivity index (χ4v) is 3.68. The molecule has 1 aromatic rings. The van der Waals surface area contributed by atoms with Crippen molar-refractivity contribution in [2.24, 2.45) is 0 Å². The van der Waals surface area contributed by atoms with Crippen molar-refractivity contribution in [1.82, 2.24) is 15.1 Å². The van der Waals surface area contributed by atoms with Crippen molar-refractivity contribution in [2.45, 2.75) is 50.6 Å². The Morgan fingerprint density at radius 2 is 2.04 bits per heavy atom. The quantitative estimate of drug-likeness (QED) is 0.598. The van der Waals surface area contributed by atoms with E-state index in [4.69, 9.17) is 0 Å². The van der Waals surface area contributed by atoms with E-state index in [-0.39, 0.29) is 24.0 Å². The maximum absolute atomic E-state index is 12.3. The molecule has 5 nitrogen and oxygen atoms in total. The third-order valence-corrected chi connectivity index (χ3v) is 5.48. The summed E-state index contributed by atoms with van der Waals surface area (Å²) in [6.07, 6.45) is 1.34. The number of rotatable bonds is 7.